The van der Waals surface area contributed by atoms with E-state index in [9.17, 15) is 5.11 Å². The molecule has 2 aromatic rings. The summed E-state index contributed by atoms with van der Waals surface area (Å²) < 4.78 is 10.5. The summed E-state index contributed by atoms with van der Waals surface area (Å²) in [6, 6.07) is 9.45. The Morgan fingerprint density at radius 3 is 2.64 bits per heavy atom. The number of hydrogen-bond acceptors (Lipinski definition) is 5. The van der Waals surface area contributed by atoms with E-state index in [4.69, 9.17) is 9.47 Å². The lowest BCUT2D eigenvalue weighted by atomic mass is 10.1. The second-order valence-electron chi connectivity index (χ2n) is 5.29. The van der Waals surface area contributed by atoms with E-state index >= 15 is 0 Å². The van der Waals surface area contributed by atoms with Crippen molar-refractivity contribution in [2.45, 2.75) is 19.6 Å². The van der Waals surface area contributed by atoms with Crippen molar-refractivity contribution in [1.82, 2.24) is 10.6 Å². The van der Waals surface area contributed by atoms with Crippen molar-refractivity contribution in [3.8, 4) is 11.5 Å². The molecule has 0 saturated heterocycles. The van der Waals surface area contributed by atoms with E-state index in [-0.39, 0.29) is 0 Å². The lowest BCUT2D eigenvalue weighted by Gasteiger charge is -2.17. The van der Waals surface area contributed by atoms with Gasteiger partial charge in [0.05, 0.1) is 26.9 Å². The lowest BCUT2D eigenvalue weighted by Crippen LogP contribution is -2.39. The molecule has 6 nitrogen and oxygen atoms in total. The van der Waals surface area contributed by atoms with E-state index in [2.05, 4.69) is 21.7 Å². The fourth-order valence-corrected chi connectivity index (χ4v) is 2.90. The number of aliphatic hydroxyl groups is 1. The summed E-state index contributed by atoms with van der Waals surface area (Å²) in [5.74, 6) is 1.91. The first-order valence-corrected chi connectivity index (χ1v) is 9.00. The summed E-state index contributed by atoms with van der Waals surface area (Å²) in [6.07, 6.45) is -0.689. The summed E-state index contributed by atoms with van der Waals surface area (Å²) >= 11 is 1.67. The van der Waals surface area contributed by atoms with E-state index in [1.807, 2.05) is 24.4 Å². The van der Waals surface area contributed by atoms with Crippen LogP contribution in [0.5, 0.6) is 11.5 Å². The molecule has 1 unspecified atom stereocenters. The summed E-state index contributed by atoms with van der Waals surface area (Å²) in [4.78, 5) is 5.72. The minimum Gasteiger partial charge on any atom is -0.493 e. The van der Waals surface area contributed by atoms with Gasteiger partial charge in [0.15, 0.2) is 17.5 Å². The van der Waals surface area contributed by atoms with Crippen LogP contribution in [0.15, 0.2) is 40.7 Å². The third kappa shape index (κ3) is 5.65. The van der Waals surface area contributed by atoms with Crippen LogP contribution >= 0.6 is 11.3 Å². The van der Waals surface area contributed by atoms with Crippen LogP contribution in [-0.2, 0) is 6.54 Å². The lowest BCUT2D eigenvalue weighted by molar-refractivity contribution is 0.180. The van der Waals surface area contributed by atoms with Crippen LogP contribution in [0.25, 0.3) is 0 Å². The monoisotopic (exact) mass is 363 g/mol. The average Bonchev–Trinajstić information content (AvgIpc) is 3.16. The van der Waals surface area contributed by atoms with Gasteiger partial charge in [-0.2, -0.15) is 0 Å². The number of nitrogens with one attached hydrogen (secondary N) is 2. The molecule has 0 saturated carbocycles. The first-order valence-electron chi connectivity index (χ1n) is 8.12. The molecular formula is C18H25N3O3S. The normalized spacial score (nSPS) is 12.6. The maximum absolute atomic E-state index is 10.4. The maximum atomic E-state index is 10.4. The number of thiophene rings is 1. The third-order valence-corrected chi connectivity index (χ3v) is 4.43. The van der Waals surface area contributed by atoms with Crippen molar-refractivity contribution >= 4 is 17.3 Å². The molecule has 0 aliphatic rings. The Bertz CT molecular complexity index is 674. The quantitative estimate of drug-likeness (QED) is 0.496. The van der Waals surface area contributed by atoms with Crippen LogP contribution in [0.4, 0.5) is 0 Å². The number of rotatable bonds is 8. The zero-order chi connectivity index (χ0) is 18.1. The highest BCUT2D eigenvalue weighted by Crippen LogP contribution is 2.29. The highest BCUT2D eigenvalue weighted by Gasteiger charge is 2.12. The third-order valence-electron chi connectivity index (χ3n) is 3.57. The maximum Gasteiger partial charge on any atom is 0.191 e. The van der Waals surface area contributed by atoms with E-state index in [0.29, 0.717) is 30.5 Å². The number of aliphatic hydroxyl groups excluding tert-OH is 1. The van der Waals surface area contributed by atoms with Gasteiger partial charge in [0.1, 0.15) is 0 Å². The van der Waals surface area contributed by atoms with E-state index in [0.717, 1.165) is 12.1 Å². The van der Waals surface area contributed by atoms with Crippen LogP contribution in [0, 0.1) is 0 Å². The molecule has 1 aromatic heterocycles. The molecule has 0 fully saturated rings. The highest BCUT2D eigenvalue weighted by molar-refractivity contribution is 7.09. The Kier molecular flexibility index (Phi) is 7.56. The highest BCUT2D eigenvalue weighted by atomic mass is 32.1. The van der Waals surface area contributed by atoms with Crippen molar-refractivity contribution in [1.29, 1.82) is 0 Å². The number of nitrogens with zero attached hydrogens (tertiary/aromatic N) is 1. The molecule has 1 aromatic carbocycles. The number of aliphatic imine (C=N–C) groups is 1. The van der Waals surface area contributed by atoms with Crippen molar-refractivity contribution < 1.29 is 14.6 Å². The molecule has 1 atom stereocenters. The molecule has 7 heteroatoms. The predicted molar refractivity (Wildman–Crippen MR) is 102 cm³/mol. The number of hydrogen-bond donors (Lipinski definition) is 3. The van der Waals surface area contributed by atoms with Gasteiger partial charge in [-0.3, -0.25) is 0 Å². The summed E-state index contributed by atoms with van der Waals surface area (Å²) in [6.45, 7) is 3.71. The van der Waals surface area contributed by atoms with Gasteiger partial charge in [-0.15, -0.1) is 11.3 Å². The van der Waals surface area contributed by atoms with E-state index < -0.39 is 6.10 Å². The average molecular weight is 363 g/mol. The van der Waals surface area contributed by atoms with Gasteiger partial charge in [-0.05, 0) is 36.1 Å². The minimum absolute atomic E-state index is 0.339. The molecule has 0 bridgehead atoms. The first-order chi connectivity index (χ1) is 12.2. The second-order valence-corrected chi connectivity index (χ2v) is 6.32. The zero-order valence-corrected chi connectivity index (χ0v) is 15.6. The molecule has 0 amide bonds. The molecule has 25 heavy (non-hydrogen) atoms. The van der Waals surface area contributed by atoms with Gasteiger partial charge < -0.3 is 25.2 Å². The molecule has 0 aliphatic heterocycles. The zero-order valence-electron chi connectivity index (χ0n) is 14.8. The van der Waals surface area contributed by atoms with E-state index in [1.54, 1.807) is 37.7 Å². The Morgan fingerprint density at radius 1 is 1.20 bits per heavy atom. The smallest absolute Gasteiger partial charge is 0.191 e. The van der Waals surface area contributed by atoms with E-state index in [1.165, 1.54) is 4.88 Å². The summed E-state index contributed by atoms with van der Waals surface area (Å²) in [7, 11) is 3.16. The Morgan fingerprint density at radius 2 is 2.00 bits per heavy atom. The molecule has 0 radical (unpaired) electrons. The van der Waals surface area contributed by atoms with Crippen molar-refractivity contribution in [2.24, 2.45) is 4.99 Å². The van der Waals surface area contributed by atoms with Crippen molar-refractivity contribution in [2.75, 3.05) is 27.3 Å². The van der Waals surface area contributed by atoms with Gasteiger partial charge in [-0.1, -0.05) is 12.1 Å². The minimum atomic E-state index is -0.689. The molecule has 2 rings (SSSR count). The van der Waals surface area contributed by atoms with Crippen LogP contribution in [0.2, 0.25) is 0 Å². The number of methoxy groups -OCH3 is 2. The Balaban J connectivity index is 1.98. The SMILES string of the molecule is CCNC(=NCc1cccs1)NCC(O)c1ccc(OC)c(OC)c1. The van der Waals surface area contributed by atoms with Crippen LogP contribution in [-0.4, -0.2) is 38.4 Å². The molecule has 136 valence electrons. The topological polar surface area (TPSA) is 75.1 Å². The number of benzene rings is 1. The standard InChI is InChI=1S/C18H25N3O3S/c1-4-19-18(20-11-14-6-5-9-25-14)21-12-15(22)13-7-8-16(23-2)17(10-13)24-3/h5-10,15,22H,4,11-12H2,1-3H3,(H2,19,20,21). The number of ether oxygens (including phenoxy) is 2. The summed E-state index contributed by atoms with van der Waals surface area (Å²) in [5, 5.41) is 18.8. The molecule has 0 aliphatic carbocycles. The van der Waals surface area contributed by atoms with Gasteiger partial charge in [-0.25, -0.2) is 4.99 Å². The first kappa shape index (κ1) is 19.1. The van der Waals surface area contributed by atoms with Crippen molar-refractivity contribution in [3.63, 3.8) is 0 Å². The van der Waals surface area contributed by atoms with Crippen LogP contribution < -0.4 is 20.1 Å². The summed E-state index contributed by atoms with van der Waals surface area (Å²) in [5.41, 5.74) is 0.749. The molecule has 0 spiro atoms. The largest absolute Gasteiger partial charge is 0.493 e. The fourth-order valence-electron chi connectivity index (χ4n) is 2.27. The van der Waals surface area contributed by atoms with Gasteiger partial charge in [0, 0.05) is 18.0 Å². The number of guanidine groups is 1. The Hall–Kier alpha value is -2.25. The van der Waals surface area contributed by atoms with Gasteiger partial charge in [0.25, 0.3) is 0 Å². The molecular weight excluding hydrogens is 338 g/mol. The van der Waals surface area contributed by atoms with Gasteiger partial charge >= 0.3 is 0 Å². The van der Waals surface area contributed by atoms with Crippen LogP contribution in [0.1, 0.15) is 23.5 Å². The van der Waals surface area contributed by atoms with Crippen molar-refractivity contribution in [3.05, 3.63) is 46.2 Å². The second kappa shape index (κ2) is 9.90. The predicted octanol–water partition coefficient (Wildman–Crippen LogP) is 2.55. The Labute approximate surface area is 152 Å². The van der Waals surface area contributed by atoms with Crippen LogP contribution in [0.3, 0.4) is 0 Å². The van der Waals surface area contributed by atoms with Gasteiger partial charge in [0.2, 0.25) is 0 Å². The fraction of sp³-hybridized carbons (Fsp3) is 0.389. The molecule has 1 heterocycles. The molecule has 3 N–H and O–H groups in total.